The van der Waals surface area contributed by atoms with Crippen molar-refractivity contribution in [1.82, 2.24) is 14.9 Å². The van der Waals surface area contributed by atoms with Crippen molar-refractivity contribution in [1.29, 1.82) is 0 Å². The van der Waals surface area contributed by atoms with Crippen LogP contribution in [0.4, 0.5) is 5.69 Å². The number of pyridine rings is 2. The van der Waals surface area contributed by atoms with E-state index in [9.17, 15) is 4.79 Å². The first-order valence-corrected chi connectivity index (χ1v) is 8.64. The molecule has 0 aromatic carbocycles. The van der Waals surface area contributed by atoms with Crippen molar-refractivity contribution in [2.45, 2.75) is 18.9 Å². The van der Waals surface area contributed by atoms with Gasteiger partial charge in [0.25, 0.3) is 5.91 Å². The van der Waals surface area contributed by atoms with E-state index in [2.05, 4.69) is 27.2 Å². The summed E-state index contributed by atoms with van der Waals surface area (Å²) in [5.74, 6) is 0.222. The minimum atomic E-state index is -0.298. The van der Waals surface area contributed by atoms with Crippen molar-refractivity contribution in [3.63, 3.8) is 0 Å². The fraction of sp³-hybridized carbons (Fsp3) is 0.316. The number of aromatic nitrogens is 2. The standard InChI is InChI=1S/C19H20N4O3/c1-23-9-4-14(5-10-23)26-17-12-13(2-7-20-17)22-19(24)18-15-6-11-25-16(15)3-8-21-18/h2-3,6-8,11-12,14H,4-5,9-10H2,1H3,(H,20,22,24). The number of nitrogens with one attached hydrogen (secondary N) is 1. The fourth-order valence-corrected chi connectivity index (χ4v) is 3.09. The Morgan fingerprint density at radius 3 is 2.88 bits per heavy atom. The molecule has 134 valence electrons. The summed E-state index contributed by atoms with van der Waals surface area (Å²) < 4.78 is 11.3. The van der Waals surface area contributed by atoms with E-state index >= 15 is 0 Å². The van der Waals surface area contributed by atoms with Gasteiger partial charge in [-0.1, -0.05) is 0 Å². The van der Waals surface area contributed by atoms with Gasteiger partial charge in [0.15, 0.2) is 0 Å². The summed E-state index contributed by atoms with van der Waals surface area (Å²) in [4.78, 5) is 23.3. The summed E-state index contributed by atoms with van der Waals surface area (Å²) >= 11 is 0. The Bertz CT molecular complexity index is 916. The van der Waals surface area contributed by atoms with E-state index < -0.39 is 0 Å². The first-order valence-electron chi connectivity index (χ1n) is 8.64. The molecule has 3 aromatic rings. The van der Waals surface area contributed by atoms with Gasteiger partial charge < -0.3 is 19.4 Å². The summed E-state index contributed by atoms with van der Waals surface area (Å²) in [5.41, 5.74) is 1.58. The molecule has 7 heteroatoms. The van der Waals surface area contributed by atoms with Crippen molar-refractivity contribution >= 4 is 22.6 Å². The van der Waals surface area contributed by atoms with Crippen LogP contribution in [0.3, 0.4) is 0 Å². The monoisotopic (exact) mass is 352 g/mol. The topological polar surface area (TPSA) is 80.5 Å². The van der Waals surface area contributed by atoms with Crippen LogP contribution < -0.4 is 10.1 Å². The molecule has 1 N–H and O–H groups in total. The van der Waals surface area contributed by atoms with Crippen LogP contribution in [0.2, 0.25) is 0 Å². The number of hydrogen-bond acceptors (Lipinski definition) is 6. The average molecular weight is 352 g/mol. The molecule has 1 amide bonds. The highest BCUT2D eigenvalue weighted by atomic mass is 16.5. The number of nitrogens with zero attached hydrogens (tertiary/aromatic N) is 3. The molecule has 1 fully saturated rings. The Labute approximate surface area is 151 Å². The molecule has 26 heavy (non-hydrogen) atoms. The number of fused-ring (bicyclic) bond motifs is 1. The Morgan fingerprint density at radius 2 is 2.04 bits per heavy atom. The highest BCUT2D eigenvalue weighted by Gasteiger charge is 2.19. The first-order chi connectivity index (χ1) is 12.7. The molecule has 0 aliphatic carbocycles. The molecule has 4 rings (SSSR count). The SMILES string of the molecule is CN1CCC(Oc2cc(NC(=O)c3nccc4occc34)ccn2)CC1. The number of anilines is 1. The van der Waals surface area contributed by atoms with Gasteiger partial charge in [-0.15, -0.1) is 0 Å². The van der Waals surface area contributed by atoms with E-state index in [-0.39, 0.29) is 12.0 Å². The third kappa shape index (κ3) is 3.52. The predicted molar refractivity (Wildman–Crippen MR) is 97.3 cm³/mol. The van der Waals surface area contributed by atoms with Gasteiger partial charge in [0.2, 0.25) is 5.88 Å². The van der Waals surface area contributed by atoms with Crippen LogP contribution in [0.5, 0.6) is 5.88 Å². The van der Waals surface area contributed by atoms with Gasteiger partial charge in [-0.25, -0.2) is 4.98 Å². The second-order valence-electron chi connectivity index (χ2n) is 6.45. The molecule has 4 heterocycles. The van der Waals surface area contributed by atoms with Gasteiger partial charge in [0, 0.05) is 37.2 Å². The summed E-state index contributed by atoms with van der Waals surface area (Å²) in [6, 6.07) is 6.94. The number of carbonyl (C=O) groups excluding carboxylic acids is 1. The Morgan fingerprint density at radius 1 is 1.23 bits per heavy atom. The lowest BCUT2D eigenvalue weighted by molar-refractivity contribution is 0.102. The van der Waals surface area contributed by atoms with E-state index in [4.69, 9.17) is 9.15 Å². The second kappa shape index (κ2) is 7.13. The molecule has 1 saturated heterocycles. The molecule has 0 radical (unpaired) electrons. The maximum atomic E-state index is 12.6. The second-order valence-corrected chi connectivity index (χ2v) is 6.45. The van der Waals surface area contributed by atoms with Crippen LogP contribution in [0.25, 0.3) is 11.0 Å². The molecule has 0 saturated carbocycles. The molecule has 1 aliphatic heterocycles. The first kappa shape index (κ1) is 16.5. The Kier molecular flexibility index (Phi) is 4.53. The average Bonchev–Trinajstić information content (AvgIpc) is 3.12. The highest BCUT2D eigenvalue weighted by Crippen LogP contribution is 2.22. The van der Waals surface area contributed by atoms with Crippen molar-refractivity contribution in [3.05, 3.63) is 48.6 Å². The summed E-state index contributed by atoms with van der Waals surface area (Å²) in [7, 11) is 2.11. The summed E-state index contributed by atoms with van der Waals surface area (Å²) in [5, 5.41) is 3.54. The number of ether oxygens (including phenoxy) is 1. The minimum absolute atomic E-state index is 0.158. The molecule has 3 aromatic heterocycles. The lowest BCUT2D eigenvalue weighted by atomic mass is 10.1. The van der Waals surface area contributed by atoms with Gasteiger partial charge in [0.05, 0.1) is 11.6 Å². The molecule has 0 spiro atoms. The summed E-state index contributed by atoms with van der Waals surface area (Å²) in [6.45, 7) is 2.03. The van der Waals surface area contributed by atoms with E-state index in [0.717, 1.165) is 25.9 Å². The van der Waals surface area contributed by atoms with E-state index in [1.807, 2.05) is 0 Å². The van der Waals surface area contributed by atoms with Crippen LogP contribution >= 0.6 is 0 Å². The number of carbonyl (C=O) groups is 1. The molecule has 7 nitrogen and oxygen atoms in total. The molecule has 1 aliphatic rings. The highest BCUT2D eigenvalue weighted by molar-refractivity contribution is 6.10. The lowest BCUT2D eigenvalue weighted by Gasteiger charge is -2.28. The van der Waals surface area contributed by atoms with E-state index in [1.54, 1.807) is 42.9 Å². The van der Waals surface area contributed by atoms with Gasteiger partial charge in [0.1, 0.15) is 17.4 Å². The van der Waals surface area contributed by atoms with Crippen molar-refractivity contribution < 1.29 is 13.9 Å². The van der Waals surface area contributed by atoms with Crippen molar-refractivity contribution in [2.24, 2.45) is 0 Å². The molecule has 0 unspecified atom stereocenters. The number of amides is 1. The third-order valence-corrected chi connectivity index (χ3v) is 4.54. The maximum absolute atomic E-state index is 12.6. The van der Waals surface area contributed by atoms with E-state index in [0.29, 0.717) is 28.2 Å². The zero-order valence-corrected chi connectivity index (χ0v) is 14.5. The fourth-order valence-electron chi connectivity index (χ4n) is 3.09. The van der Waals surface area contributed by atoms with Crippen LogP contribution in [-0.4, -0.2) is 47.0 Å². The lowest BCUT2D eigenvalue weighted by Crippen LogP contribution is -2.35. The predicted octanol–water partition coefficient (Wildman–Crippen LogP) is 2.95. The Hall–Kier alpha value is -2.93. The van der Waals surface area contributed by atoms with Crippen molar-refractivity contribution in [3.8, 4) is 5.88 Å². The normalized spacial score (nSPS) is 15.9. The van der Waals surface area contributed by atoms with Crippen LogP contribution in [0.15, 0.2) is 47.3 Å². The third-order valence-electron chi connectivity index (χ3n) is 4.54. The van der Waals surface area contributed by atoms with Gasteiger partial charge >= 0.3 is 0 Å². The largest absolute Gasteiger partial charge is 0.474 e. The van der Waals surface area contributed by atoms with Gasteiger partial charge in [-0.2, -0.15) is 0 Å². The Balaban J connectivity index is 1.46. The number of rotatable bonds is 4. The minimum Gasteiger partial charge on any atom is -0.474 e. The quantitative estimate of drug-likeness (QED) is 0.778. The molecule has 0 bridgehead atoms. The molecule has 0 atom stereocenters. The van der Waals surface area contributed by atoms with E-state index in [1.165, 1.54) is 0 Å². The maximum Gasteiger partial charge on any atom is 0.275 e. The van der Waals surface area contributed by atoms with Crippen LogP contribution in [0.1, 0.15) is 23.3 Å². The number of likely N-dealkylation sites (tertiary alicyclic amines) is 1. The van der Waals surface area contributed by atoms with Crippen LogP contribution in [0, 0.1) is 0 Å². The zero-order valence-electron chi connectivity index (χ0n) is 14.5. The van der Waals surface area contributed by atoms with Gasteiger partial charge in [-0.05, 0) is 38.1 Å². The van der Waals surface area contributed by atoms with Gasteiger partial charge in [-0.3, -0.25) is 9.78 Å². The number of furan rings is 1. The number of hydrogen-bond donors (Lipinski definition) is 1. The number of piperidine rings is 1. The molecular weight excluding hydrogens is 332 g/mol. The van der Waals surface area contributed by atoms with Crippen LogP contribution in [-0.2, 0) is 0 Å². The zero-order chi connectivity index (χ0) is 17.9. The molecular formula is C19H20N4O3. The summed E-state index contributed by atoms with van der Waals surface area (Å²) in [6.07, 6.45) is 6.84. The smallest absolute Gasteiger partial charge is 0.275 e. The van der Waals surface area contributed by atoms with Crippen molar-refractivity contribution in [2.75, 3.05) is 25.5 Å².